The van der Waals surface area contributed by atoms with Gasteiger partial charge in [0.15, 0.2) is 0 Å². The molecule has 0 bridgehead atoms. The van der Waals surface area contributed by atoms with E-state index in [0.717, 1.165) is 31.6 Å². The van der Waals surface area contributed by atoms with Crippen LogP contribution in [0.3, 0.4) is 0 Å². The van der Waals surface area contributed by atoms with Crippen LogP contribution in [0, 0.1) is 5.41 Å². The molecular weight excluding hydrogens is 388 g/mol. The molecule has 3 aromatic rings. The van der Waals surface area contributed by atoms with Crippen molar-refractivity contribution in [2.24, 2.45) is 17.5 Å². The van der Waals surface area contributed by atoms with Gasteiger partial charge in [-0.1, -0.05) is 0 Å². The van der Waals surface area contributed by atoms with E-state index in [4.69, 9.17) is 9.25 Å². The summed E-state index contributed by atoms with van der Waals surface area (Å²) in [5.41, 5.74) is 1.74. The molecule has 2 aliphatic rings. The van der Waals surface area contributed by atoms with Crippen LogP contribution in [0.2, 0.25) is 0 Å². The van der Waals surface area contributed by atoms with Crippen LogP contribution in [0.25, 0.3) is 22.0 Å². The van der Waals surface area contributed by atoms with E-state index in [1.165, 1.54) is 31.2 Å². The number of piperidine rings is 1. The number of rotatable bonds is 3. The summed E-state index contributed by atoms with van der Waals surface area (Å²) < 4.78 is 48.3. The minimum atomic E-state index is -3.98. The Bertz CT molecular complexity index is 1380. The van der Waals surface area contributed by atoms with Gasteiger partial charge in [-0.2, -0.15) is 0 Å². The third kappa shape index (κ3) is 3.07. The lowest BCUT2D eigenvalue weighted by Crippen LogP contribution is -2.34. The standard InChI is InChI=1S/C21H24N4O3S/c1-24-13-17(15-4-9-23-19(15)20(24)26)16-12-14(29(22,27)28)2-3-18(16)25-10-7-21(5-6-21)8-11-25/h2-4,9,12-13,23H,5-8,10-11H2,1H3,(H2,22,27,28)/i1D3. The van der Waals surface area contributed by atoms with Crippen molar-refractivity contribution in [3.8, 4) is 11.1 Å². The molecule has 2 aromatic heterocycles. The second kappa shape index (κ2) is 6.21. The summed E-state index contributed by atoms with van der Waals surface area (Å²) in [6.07, 6.45) is 7.51. The van der Waals surface area contributed by atoms with Gasteiger partial charge in [0.05, 0.1) is 4.90 Å². The molecule has 1 saturated carbocycles. The lowest BCUT2D eigenvalue weighted by Gasteiger charge is -2.35. The lowest BCUT2D eigenvalue weighted by molar-refractivity contribution is 0.384. The van der Waals surface area contributed by atoms with E-state index in [0.29, 0.717) is 26.5 Å². The van der Waals surface area contributed by atoms with Crippen LogP contribution in [0.4, 0.5) is 5.69 Å². The molecule has 2 fully saturated rings. The van der Waals surface area contributed by atoms with Crippen LogP contribution in [0.15, 0.2) is 46.3 Å². The van der Waals surface area contributed by atoms with Crippen molar-refractivity contribution in [2.75, 3.05) is 18.0 Å². The Hall–Kier alpha value is -2.58. The number of fused-ring (bicyclic) bond motifs is 1. The number of H-pyrrole nitrogens is 1. The maximum atomic E-state index is 12.8. The number of nitrogens with two attached hydrogens (primary N) is 1. The number of aryl methyl sites for hydroxylation is 1. The van der Waals surface area contributed by atoms with Gasteiger partial charge in [0.1, 0.15) is 5.52 Å². The topological polar surface area (TPSA) is 101 Å². The minimum Gasteiger partial charge on any atom is -0.371 e. The predicted molar refractivity (Wildman–Crippen MR) is 113 cm³/mol. The van der Waals surface area contributed by atoms with Gasteiger partial charge in [-0.3, -0.25) is 4.79 Å². The Kier molecular flexibility index (Phi) is 3.27. The Morgan fingerprint density at radius 1 is 1.14 bits per heavy atom. The van der Waals surface area contributed by atoms with Gasteiger partial charge in [0, 0.05) is 58.8 Å². The molecule has 29 heavy (non-hydrogen) atoms. The molecule has 8 heteroatoms. The molecule has 0 atom stereocenters. The number of nitrogens with one attached hydrogen (secondary N) is 1. The first-order valence-corrected chi connectivity index (χ1v) is 11.2. The fraction of sp³-hybridized carbons (Fsp3) is 0.381. The zero-order chi connectivity index (χ0) is 22.9. The fourth-order valence-electron chi connectivity index (χ4n) is 4.45. The third-order valence-corrected chi connectivity index (χ3v) is 7.35. The average molecular weight is 416 g/mol. The second-order valence-electron chi connectivity index (χ2n) is 8.20. The summed E-state index contributed by atoms with van der Waals surface area (Å²) in [4.78, 5) is 17.7. The van der Waals surface area contributed by atoms with Crippen molar-refractivity contribution in [3.05, 3.63) is 47.0 Å². The molecule has 1 saturated heterocycles. The smallest absolute Gasteiger partial charge is 0.274 e. The van der Waals surface area contributed by atoms with Gasteiger partial charge in [-0.05, 0) is 55.4 Å². The summed E-state index contributed by atoms with van der Waals surface area (Å²) in [5.74, 6) is 0. The second-order valence-corrected chi connectivity index (χ2v) is 9.76. The van der Waals surface area contributed by atoms with E-state index in [1.54, 1.807) is 18.3 Å². The monoisotopic (exact) mass is 415 g/mol. The molecule has 0 unspecified atom stereocenters. The van der Waals surface area contributed by atoms with E-state index < -0.39 is 22.6 Å². The van der Waals surface area contributed by atoms with Crippen molar-refractivity contribution in [1.29, 1.82) is 0 Å². The normalized spacial score (nSPS) is 20.4. The Morgan fingerprint density at radius 2 is 1.90 bits per heavy atom. The van der Waals surface area contributed by atoms with Gasteiger partial charge in [0.2, 0.25) is 10.0 Å². The first-order chi connectivity index (χ1) is 15.0. The highest BCUT2D eigenvalue weighted by Gasteiger charge is 2.44. The lowest BCUT2D eigenvalue weighted by atomic mass is 9.92. The van der Waals surface area contributed by atoms with Crippen molar-refractivity contribution < 1.29 is 12.5 Å². The summed E-state index contributed by atoms with van der Waals surface area (Å²) >= 11 is 0. The van der Waals surface area contributed by atoms with Crippen LogP contribution in [-0.2, 0) is 17.0 Å². The number of pyridine rings is 1. The van der Waals surface area contributed by atoms with Crippen LogP contribution in [-0.4, -0.2) is 31.1 Å². The van der Waals surface area contributed by atoms with Crippen molar-refractivity contribution >= 4 is 26.6 Å². The number of primary sulfonamides is 1. The molecule has 1 aliphatic heterocycles. The van der Waals surface area contributed by atoms with Crippen molar-refractivity contribution in [2.45, 2.75) is 30.6 Å². The summed E-state index contributed by atoms with van der Waals surface area (Å²) in [7, 11) is -3.98. The number of aromatic nitrogens is 2. The molecule has 3 N–H and O–H groups in total. The molecule has 152 valence electrons. The average Bonchev–Trinajstić information content (AvgIpc) is 3.28. The van der Waals surface area contributed by atoms with Gasteiger partial charge in [-0.25, -0.2) is 13.6 Å². The van der Waals surface area contributed by atoms with E-state index in [1.807, 2.05) is 0 Å². The van der Waals surface area contributed by atoms with Gasteiger partial charge in [-0.15, -0.1) is 0 Å². The van der Waals surface area contributed by atoms with Crippen LogP contribution < -0.4 is 15.6 Å². The number of nitrogens with zero attached hydrogens (tertiary/aromatic N) is 2. The Labute approximate surface area is 173 Å². The fourth-order valence-corrected chi connectivity index (χ4v) is 4.99. The molecular formula is C21H24N4O3S. The first kappa shape index (κ1) is 15.3. The molecule has 1 aliphatic carbocycles. The third-order valence-electron chi connectivity index (χ3n) is 6.44. The highest BCUT2D eigenvalue weighted by molar-refractivity contribution is 7.89. The van der Waals surface area contributed by atoms with Crippen molar-refractivity contribution in [3.63, 3.8) is 0 Å². The number of hydrogen-bond donors (Lipinski definition) is 2. The van der Waals surface area contributed by atoms with Gasteiger partial charge < -0.3 is 14.5 Å². The summed E-state index contributed by atoms with van der Waals surface area (Å²) in [5, 5.41) is 5.93. The van der Waals surface area contributed by atoms with E-state index in [2.05, 4.69) is 9.88 Å². The number of anilines is 1. The Balaban J connectivity index is 1.75. The summed E-state index contributed by atoms with van der Waals surface area (Å²) in [6.45, 7) is -1.03. The maximum Gasteiger partial charge on any atom is 0.274 e. The number of hydrogen-bond acceptors (Lipinski definition) is 4. The zero-order valence-electron chi connectivity index (χ0n) is 18.8. The van der Waals surface area contributed by atoms with Crippen LogP contribution in [0.5, 0.6) is 0 Å². The minimum absolute atomic E-state index is 0.0674. The number of sulfonamides is 1. The quantitative estimate of drug-likeness (QED) is 0.686. The molecule has 5 rings (SSSR count). The van der Waals surface area contributed by atoms with Crippen LogP contribution in [0.1, 0.15) is 29.8 Å². The largest absolute Gasteiger partial charge is 0.371 e. The first-order valence-electron chi connectivity index (χ1n) is 11.1. The van der Waals surface area contributed by atoms with Crippen molar-refractivity contribution in [1.82, 2.24) is 9.55 Å². The van der Waals surface area contributed by atoms with E-state index in [9.17, 15) is 13.2 Å². The molecule has 3 heterocycles. The maximum absolute atomic E-state index is 12.8. The Morgan fingerprint density at radius 3 is 2.55 bits per heavy atom. The number of benzene rings is 1. The van der Waals surface area contributed by atoms with E-state index in [-0.39, 0.29) is 10.4 Å². The molecule has 0 radical (unpaired) electrons. The summed E-state index contributed by atoms with van der Waals surface area (Å²) in [6, 6.07) is 6.37. The van der Waals surface area contributed by atoms with E-state index >= 15 is 0 Å². The number of aromatic amines is 1. The highest BCUT2D eigenvalue weighted by atomic mass is 32.2. The molecule has 1 aromatic carbocycles. The zero-order valence-corrected chi connectivity index (χ0v) is 16.6. The predicted octanol–water partition coefficient (Wildman–Crippen LogP) is 2.56. The molecule has 7 nitrogen and oxygen atoms in total. The molecule has 1 spiro atoms. The van der Waals surface area contributed by atoms with Crippen LogP contribution >= 0.6 is 0 Å². The highest BCUT2D eigenvalue weighted by Crippen LogP contribution is 2.54. The SMILES string of the molecule is [2H]C([2H])([2H])n1cc(-c2cc(S(N)(=O)=O)ccc2N2CCC3(CC2)CC3)c2cc[nH]c2c1=O. The molecule has 0 amide bonds. The van der Waals surface area contributed by atoms with Gasteiger partial charge in [0.25, 0.3) is 5.56 Å². The van der Waals surface area contributed by atoms with Gasteiger partial charge >= 0.3 is 0 Å².